The van der Waals surface area contributed by atoms with Gasteiger partial charge in [-0.15, -0.1) is 0 Å². The summed E-state index contributed by atoms with van der Waals surface area (Å²) in [5.41, 5.74) is 3.92. The van der Waals surface area contributed by atoms with E-state index in [0.717, 1.165) is 27.8 Å². The Morgan fingerprint density at radius 1 is 1.09 bits per heavy atom. The summed E-state index contributed by atoms with van der Waals surface area (Å²) in [6, 6.07) is 15.5. The van der Waals surface area contributed by atoms with E-state index < -0.39 is 0 Å². The van der Waals surface area contributed by atoms with Crippen molar-refractivity contribution in [3.8, 4) is 16.9 Å². The number of nitrogens with zero attached hydrogens (tertiary/aromatic N) is 1. The smallest absolute Gasteiger partial charge is 0.341 e. The maximum absolute atomic E-state index is 12.1. The molecule has 108 valence electrons. The van der Waals surface area contributed by atoms with Gasteiger partial charge in [-0.2, -0.15) is 0 Å². The van der Waals surface area contributed by atoms with Crippen molar-refractivity contribution in [1.29, 1.82) is 0 Å². The third-order valence-corrected chi connectivity index (χ3v) is 3.87. The highest BCUT2D eigenvalue weighted by atomic mass is 16.5. The number of benzene rings is 2. The van der Waals surface area contributed by atoms with Gasteiger partial charge in [-0.3, -0.25) is 0 Å². The minimum Gasteiger partial charge on any atom is -0.497 e. The summed E-state index contributed by atoms with van der Waals surface area (Å²) in [6.07, 6.45) is 0. The molecule has 3 aromatic rings. The average molecular weight is 291 g/mol. The van der Waals surface area contributed by atoms with E-state index in [4.69, 9.17) is 9.47 Å². The summed E-state index contributed by atoms with van der Waals surface area (Å²) in [6.45, 7) is 0.223. The first-order valence-electron chi connectivity index (χ1n) is 7.01. The molecule has 2 heterocycles. The third-order valence-electron chi connectivity index (χ3n) is 3.87. The molecular formula is C18H13NO3. The molecule has 0 aliphatic carbocycles. The van der Waals surface area contributed by atoms with Crippen molar-refractivity contribution in [2.24, 2.45) is 0 Å². The largest absolute Gasteiger partial charge is 0.497 e. The molecule has 0 unspecified atom stereocenters. The molecule has 1 aliphatic rings. The Morgan fingerprint density at radius 3 is 2.68 bits per heavy atom. The highest BCUT2D eigenvalue weighted by molar-refractivity contribution is 6.09. The molecule has 1 aliphatic heterocycles. The SMILES string of the molecule is COc1ccc2c(-c3ccccc3)c3c(nc2c1)COC3=O. The van der Waals surface area contributed by atoms with Gasteiger partial charge in [-0.1, -0.05) is 30.3 Å². The van der Waals surface area contributed by atoms with Crippen LogP contribution in [0.4, 0.5) is 0 Å². The summed E-state index contributed by atoms with van der Waals surface area (Å²) in [7, 11) is 1.62. The first-order valence-corrected chi connectivity index (χ1v) is 7.01. The van der Waals surface area contributed by atoms with Gasteiger partial charge < -0.3 is 9.47 Å². The van der Waals surface area contributed by atoms with Gasteiger partial charge in [0, 0.05) is 17.0 Å². The number of hydrogen-bond donors (Lipinski definition) is 0. The van der Waals surface area contributed by atoms with Crippen LogP contribution in [0, 0.1) is 0 Å². The number of ether oxygens (including phenoxy) is 2. The molecule has 4 rings (SSSR count). The summed E-state index contributed by atoms with van der Waals surface area (Å²) in [5.74, 6) is 0.434. The zero-order valence-corrected chi connectivity index (χ0v) is 12.0. The summed E-state index contributed by atoms with van der Waals surface area (Å²) < 4.78 is 10.5. The van der Waals surface area contributed by atoms with Crippen LogP contribution in [-0.4, -0.2) is 18.1 Å². The van der Waals surface area contributed by atoms with Crippen LogP contribution in [-0.2, 0) is 11.3 Å². The zero-order chi connectivity index (χ0) is 15.1. The van der Waals surface area contributed by atoms with Gasteiger partial charge in [0.05, 0.1) is 23.9 Å². The molecule has 0 N–H and O–H groups in total. The van der Waals surface area contributed by atoms with Crippen LogP contribution in [0.25, 0.3) is 22.0 Å². The Morgan fingerprint density at radius 2 is 1.91 bits per heavy atom. The second-order valence-corrected chi connectivity index (χ2v) is 5.13. The van der Waals surface area contributed by atoms with E-state index in [-0.39, 0.29) is 12.6 Å². The fourth-order valence-corrected chi connectivity index (χ4v) is 2.86. The van der Waals surface area contributed by atoms with Crippen molar-refractivity contribution in [2.75, 3.05) is 7.11 Å². The molecule has 4 nitrogen and oxygen atoms in total. The number of carbonyl (C=O) groups is 1. The molecule has 0 atom stereocenters. The molecule has 1 aromatic heterocycles. The van der Waals surface area contributed by atoms with Gasteiger partial charge in [0.2, 0.25) is 0 Å². The van der Waals surface area contributed by atoms with Gasteiger partial charge in [-0.25, -0.2) is 9.78 Å². The first-order chi connectivity index (χ1) is 10.8. The highest BCUT2D eigenvalue weighted by Gasteiger charge is 2.28. The molecular weight excluding hydrogens is 278 g/mol. The topological polar surface area (TPSA) is 48.4 Å². The average Bonchev–Trinajstić information content (AvgIpc) is 2.93. The molecule has 0 amide bonds. The number of rotatable bonds is 2. The number of hydrogen-bond acceptors (Lipinski definition) is 4. The van der Waals surface area contributed by atoms with E-state index >= 15 is 0 Å². The van der Waals surface area contributed by atoms with Crippen LogP contribution in [0.15, 0.2) is 48.5 Å². The second-order valence-electron chi connectivity index (χ2n) is 5.13. The monoisotopic (exact) mass is 291 g/mol. The summed E-state index contributed by atoms with van der Waals surface area (Å²) in [5, 5.41) is 0.921. The second kappa shape index (κ2) is 4.84. The first kappa shape index (κ1) is 12.8. The van der Waals surface area contributed by atoms with Crippen molar-refractivity contribution in [3.05, 3.63) is 59.8 Å². The summed E-state index contributed by atoms with van der Waals surface area (Å²) >= 11 is 0. The van der Waals surface area contributed by atoms with E-state index in [1.807, 2.05) is 48.5 Å². The Balaban J connectivity index is 2.11. The molecule has 0 radical (unpaired) electrons. The molecule has 0 saturated carbocycles. The predicted octanol–water partition coefficient (Wildman–Crippen LogP) is 3.58. The molecule has 0 saturated heterocycles. The quantitative estimate of drug-likeness (QED) is 0.677. The molecule has 0 spiro atoms. The Hall–Kier alpha value is -2.88. The van der Waals surface area contributed by atoms with Crippen LogP contribution >= 0.6 is 0 Å². The van der Waals surface area contributed by atoms with Gasteiger partial charge in [0.25, 0.3) is 0 Å². The fourth-order valence-electron chi connectivity index (χ4n) is 2.86. The lowest BCUT2D eigenvalue weighted by atomic mass is 9.95. The number of cyclic esters (lactones) is 1. The Kier molecular flexibility index (Phi) is 2.82. The van der Waals surface area contributed by atoms with Crippen molar-refractivity contribution in [1.82, 2.24) is 4.98 Å². The number of aromatic nitrogens is 1. The normalized spacial score (nSPS) is 13.0. The lowest BCUT2D eigenvalue weighted by Gasteiger charge is -2.11. The maximum atomic E-state index is 12.1. The molecule has 0 bridgehead atoms. The molecule has 22 heavy (non-hydrogen) atoms. The highest BCUT2D eigenvalue weighted by Crippen LogP contribution is 2.37. The van der Waals surface area contributed by atoms with Crippen LogP contribution < -0.4 is 4.74 Å². The van der Waals surface area contributed by atoms with Crippen molar-refractivity contribution in [2.45, 2.75) is 6.61 Å². The lowest BCUT2D eigenvalue weighted by molar-refractivity contribution is 0.0534. The Bertz CT molecular complexity index is 888. The zero-order valence-electron chi connectivity index (χ0n) is 12.0. The number of esters is 1. The van der Waals surface area contributed by atoms with Crippen molar-refractivity contribution >= 4 is 16.9 Å². The molecule has 0 fully saturated rings. The van der Waals surface area contributed by atoms with E-state index in [1.54, 1.807) is 7.11 Å². The van der Waals surface area contributed by atoms with Crippen LogP contribution in [0.2, 0.25) is 0 Å². The molecule has 2 aromatic carbocycles. The van der Waals surface area contributed by atoms with Crippen molar-refractivity contribution < 1.29 is 14.3 Å². The van der Waals surface area contributed by atoms with E-state index in [9.17, 15) is 4.79 Å². The van der Waals surface area contributed by atoms with Crippen LogP contribution in [0.5, 0.6) is 5.75 Å². The van der Waals surface area contributed by atoms with Crippen molar-refractivity contribution in [3.63, 3.8) is 0 Å². The fraction of sp³-hybridized carbons (Fsp3) is 0.111. The van der Waals surface area contributed by atoms with Gasteiger partial charge in [0.15, 0.2) is 0 Å². The van der Waals surface area contributed by atoms with E-state index in [2.05, 4.69) is 4.98 Å². The minimum atomic E-state index is -0.306. The standard InChI is InChI=1S/C18H13NO3/c1-21-12-7-8-13-14(9-12)19-15-10-22-18(20)17(15)16(13)11-5-3-2-4-6-11/h2-9H,10H2,1H3. The number of methoxy groups -OCH3 is 1. The van der Waals surface area contributed by atoms with Crippen LogP contribution in [0.1, 0.15) is 16.1 Å². The predicted molar refractivity (Wildman–Crippen MR) is 82.9 cm³/mol. The van der Waals surface area contributed by atoms with E-state index in [1.165, 1.54) is 0 Å². The third kappa shape index (κ3) is 1.84. The number of pyridine rings is 1. The number of fused-ring (bicyclic) bond motifs is 2. The minimum absolute atomic E-state index is 0.223. The molecule has 4 heteroatoms. The maximum Gasteiger partial charge on any atom is 0.341 e. The summed E-state index contributed by atoms with van der Waals surface area (Å²) in [4.78, 5) is 16.7. The lowest BCUT2D eigenvalue weighted by Crippen LogP contribution is -2.00. The Labute approximate surface area is 127 Å². The van der Waals surface area contributed by atoms with Gasteiger partial charge >= 0.3 is 5.97 Å². The van der Waals surface area contributed by atoms with E-state index in [0.29, 0.717) is 11.3 Å². The van der Waals surface area contributed by atoms with Crippen LogP contribution in [0.3, 0.4) is 0 Å². The van der Waals surface area contributed by atoms with Gasteiger partial charge in [0.1, 0.15) is 12.4 Å². The van der Waals surface area contributed by atoms with Gasteiger partial charge in [-0.05, 0) is 17.7 Å². The number of carbonyl (C=O) groups excluding carboxylic acids is 1.